The fourth-order valence-electron chi connectivity index (χ4n) is 3.23. The average Bonchev–Trinajstić information content (AvgIpc) is 2.81. The van der Waals surface area contributed by atoms with E-state index in [-0.39, 0.29) is 5.56 Å². The van der Waals surface area contributed by atoms with Crippen LogP contribution in [0.25, 0.3) is 0 Å². The van der Waals surface area contributed by atoms with Gasteiger partial charge in [-0.05, 0) is 36.2 Å². The third-order valence-electron chi connectivity index (χ3n) is 4.95. The van der Waals surface area contributed by atoms with Crippen molar-refractivity contribution in [1.29, 1.82) is 5.26 Å². The van der Waals surface area contributed by atoms with E-state index in [9.17, 15) is 4.39 Å². The lowest BCUT2D eigenvalue weighted by Gasteiger charge is -2.16. The van der Waals surface area contributed by atoms with Gasteiger partial charge in [0, 0.05) is 12.1 Å². The second kappa shape index (κ2) is 9.71. The lowest BCUT2D eigenvalue weighted by Crippen LogP contribution is -2.07. The van der Waals surface area contributed by atoms with Gasteiger partial charge < -0.3 is 10.1 Å². The molecule has 0 fully saturated rings. The maximum Gasteiger partial charge on any atom is 0.184 e. The Bertz CT molecular complexity index is 1250. The van der Waals surface area contributed by atoms with E-state index in [0.717, 1.165) is 16.8 Å². The van der Waals surface area contributed by atoms with Crippen LogP contribution in [0, 0.1) is 24.1 Å². The molecule has 0 bridgehead atoms. The predicted octanol–water partition coefficient (Wildman–Crippen LogP) is 5.71. The highest BCUT2D eigenvalue weighted by atomic mass is 19.1. The number of nitriles is 1. The van der Waals surface area contributed by atoms with Gasteiger partial charge in [0.15, 0.2) is 11.6 Å². The summed E-state index contributed by atoms with van der Waals surface area (Å²) in [5, 5.41) is 12.1. The molecule has 0 aliphatic heterocycles. The molecule has 5 nitrogen and oxygen atoms in total. The van der Waals surface area contributed by atoms with Crippen LogP contribution in [-0.2, 0) is 13.0 Å². The number of nitrogens with zero attached hydrogens (tertiary/aromatic N) is 3. The SMILES string of the molecule is Cc1ccc(Cc2ncnc(Nc3ccc(C#N)c(F)c3)c2OCc2ccccc2)cc1. The Kier molecular flexibility index (Phi) is 6.38. The average molecular weight is 424 g/mol. The maximum atomic E-state index is 14.1. The van der Waals surface area contributed by atoms with Gasteiger partial charge in [0.1, 0.15) is 24.8 Å². The van der Waals surface area contributed by atoms with Crippen molar-refractivity contribution in [2.24, 2.45) is 0 Å². The minimum Gasteiger partial charge on any atom is -0.483 e. The molecule has 0 radical (unpaired) electrons. The van der Waals surface area contributed by atoms with Crippen LogP contribution in [0.2, 0.25) is 0 Å². The normalized spacial score (nSPS) is 10.4. The molecule has 6 heteroatoms. The van der Waals surface area contributed by atoms with Crippen LogP contribution in [0.5, 0.6) is 5.75 Å². The summed E-state index contributed by atoms with van der Waals surface area (Å²) in [6.07, 6.45) is 2.02. The van der Waals surface area contributed by atoms with Gasteiger partial charge in [-0.25, -0.2) is 14.4 Å². The summed E-state index contributed by atoms with van der Waals surface area (Å²) in [7, 11) is 0. The molecular formula is C26H21FN4O. The molecule has 32 heavy (non-hydrogen) atoms. The van der Waals surface area contributed by atoms with Crippen molar-refractivity contribution in [2.75, 3.05) is 5.32 Å². The van der Waals surface area contributed by atoms with Crippen LogP contribution >= 0.6 is 0 Å². The molecule has 0 aliphatic carbocycles. The van der Waals surface area contributed by atoms with Crippen molar-refractivity contribution in [3.05, 3.63) is 113 Å². The first kappa shape index (κ1) is 21.0. The highest BCUT2D eigenvalue weighted by Crippen LogP contribution is 2.31. The van der Waals surface area contributed by atoms with Crippen LogP contribution in [0.1, 0.15) is 27.9 Å². The van der Waals surface area contributed by atoms with Crippen LogP contribution in [0.4, 0.5) is 15.9 Å². The molecule has 0 unspecified atom stereocenters. The van der Waals surface area contributed by atoms with E-state index < -0.39 is 5.82 Å². The number of ether oxygens (including phenoxy) is 1. The number of aryl methyl sites for hydroxylation is 1. The Morgan fingerprint density at radius 2 is 1.75 bits per heavy atom. The van der Waals surface area contributed by atoms with Crippen molar-refractivity contribution in [3.8, 4) is 11.8 Å². The van der Waals surface area contributed by atoms with E-state index in [1.165, 1.54) is 24.0 Å². The van der Waals surface area contributed by atoms with Gasteiger partial charge in [-0.2, -0.15) is 5.26 Å². The van der Waals surface area contributed by atoms with Gasteiger partial charge in [-0.1, -0.05) is 60.2 Å². The van der Waals surface area contributed by atoms with Crippen LogP contribution in [0.15, 0.2) is 79.1 Å². The van der Waals surface area contributed by atoms with Crippen LogP contribution in [0.3, 0.4) is 0 Å². The molecular weight excluding hydrogens is 403 g/mol. The summed E-state index contributed by atoms with van der Waals surface area (Å²) in [5.74, 6) is 0.335. The zero-order valence-corrected chi connectivity index (χ0v) is 17.5. The van der Waals surface area contributed by atoms with Gasteiger partial charge >= 0.3 is 0 Å². The van der Waals surface area contributed by atoms with E-state index in [1.54, 1.807) is 6.07 Å². The van der Waals surface area contributed by atoms with Crippen molar-refractivity contribution >= 4 is 11.5 Å². The monoisotopic (exact) mass is 424 g/mol. The molecule has 0 spiro atoms. The topological polar surface area (TPSA) is 70.8 Å². The first-order valence-corrected chi connectivity index (χ1v) is 10.1. The number of benzene rings is 3. The molecule has 0 saturated heterocycles. The Hall–Kier alpha value is -4.24. The number of anilines is 2. The summed E-state index contributed by atoms with van der Waals surface area (Å²) in [6.45, 7) is 2.38. The summed E-state index contributed by atoms with van der Waals surface area (Å²) in [5.41, 5.74) is 4.45. The lowest BCUT2D eigenvalue weighted by molar-refractivity contribution is 0.302. The van der Waals surface area contributed by atoms with Crippen LogP contribution in [-0.4, -0.2) is 9.97 Å². The molecule has 1 N–H and O–H groups in total. The summed E-state index contributed by atoms with van der Waals surface area (Å²) >= 11 is 0. The third-order valence-corrected chi connectivity index (χ3v) is 4.95. The largest absolute Gasteiger partial charge is 0.483 e. The van der Waals surface area contributed by atoms with E-state index in [4.69, 9.17) is 10.00 Å². The number of halogens is 1. The molecule has 3 aromatic carbocycles. The molecule has 158 valence electrons. The quantitative estimate of drug-likeness (QED) is 0.411. The molecule has 0 aliphatic rings. The van der Waals surface area contributed by atoms with E-state index >= 15 is 0 Å². The minimum absolute atomic E-state index is 0.0150. The Morgan fingerprint density at radius 3 is 2.47 bits per heavy atom. The van der Waals surface area contributed by atoms with Crippen molar-refractivity contribution in [3.63, 3.8) is 0 Å². The van der Waals surface area contributed by atoms with Gasteiger partial charge in [0.2, 0.25) is 0 Å². The molecule has 4 aromatic rings. The smallest absolute Gasteiger partial charge is 0.184 e. The first-order valence-electron chi connectivity index (χ1n) is 10.1. The van der Waals surface area contributed by atoms with Crippen LogP contribution < -0.4 is 10.1 Å². The second-order valence-electron chi connectivity index (χ2n) is 7.37. The zero-order valence-electron chi connectivity index (χ0n) is 17.5. The van der Waals surface area contributed by atoms with Gasteiger partial charge in [0.25, 0.3) is 0 Å². The Labute approximate surface area is 186 Å². The zero-order chi connectivity index (χ0) is 22.3. The first-order chi connectivity index (χ1) is 15.6. The van der Waals surface area contributed by atoms with E-state index in [0.29, 0.717) is 30.3 Å². The third kappa shape index (κ3) is 5.08. The molecule has 1 aromatic heterocycles. The van der Waals surface area contributed by atoms with E-state index in [2.05, 4.69) is 39.6 Å². The lowest BCUT2D eigenvalue weighted by atomic mass is 10.1. The molecule has 4 rings (SSSR count). The number of hydrogen-bond donors (Lipinski definition) is 1. The van der Waals surface area contributed by atoms with Crippen molar-refractivity contribution in [2.45, 2.75) is 20.0 Å². The summed E-state index contributed by atoms with van der Waals surface area (Å²) in [6, 6.07) is 24.2. The maximum absolute atomic E-state index is 14.1. The molecule has 0 atom stereocenters. The number of aromatic nitrogens is 2. The van der Waals surface area contributed by atoms with Gasteiger partial charge in [-0.15, -0.1) is 0 Å². The number of nitrogens with one attached hydrogen (secondary N) is 1. The molecule has 1 heterocycles. The number of hydrogen-bond acceptors (Lipinski definition) is 5. The highest BCUT2D eigenvalue weighted by Gasteiger charge is 2.15. The Balaban J connectivity index is 1.66. The van der Waals surface area contributed by atoms with Gasteiger partial charge in [0.05, 0.1) is 11.3 Å². The van der Waals surface area contributed by atoms with Crippen molar-refractivity contribution in [1.82, 2.24) is 9.97 Å². The fourth-order valence-corrected chi connectivity index (χ4v) is 3.23. The van der Waals surface area contributed by atoms with E-state index in [1.807, 2.05) is 43.3 Å². The molecule has 0 saturated carbocycles. The van der Waals surface area contributed by atoms with Crippen molar-refractivity contribution < 1.29 is 9.13 Å². The molecule has 0 amide bonds. The minimum atomic E-state index is -0.599. The standard InChI is InChI=1S/C26H21FN4O/c1-18-7-9-19(10-8-18)13-24-25(32-16-20-5-3-2-4-6-20)26(30-17-29-24)31-22-12-11-21(15-28)23(27)14-22/h2-12,14,17H,13,16H2,1H3,(H,29,30,31). The summed E-state index contributed by atoms with van der Waals surface area (Å²) < 4.78 is 20.3. The fraction of sp³-hybridized carbons (Fsp3) is 0.115. The second-order valence-corrected chi connectivity index (χ2v) is 7.37. The summed E-state index contributed by atoms with van der Waals surface area (Å²) in [4.78, 5) is 8.80. The number of rotatable bonds is 7. The van der Waals surface area contributed by atoms with Gasteiger partial charge in [-0.3, -0.25) is 0 Å². The predicted molar refractivity (Wildman–Crippen MR) is 121 cm³/mol. The Morgan fingerprint density at radius 1 is 0.969 bits per heavy atom. The highest BCUT2D eigenvalue weighted by molar-refractivity contribution is 5.64.